The summed E-state index contributed by atoms with van der Waals surface area (Å²) >= 11 is 0. The van der Waals surface area contributed by atoms with Crippen molar-refractivity contribution in [3.63, 3.8) is 0 Å². The van der Waals surface area contributed by atoms with Gasteiger partial charge in [-0.2, -0.15) is 0 Å². The summed E-state index contributed by atoms with van der Waals surface area (Å²) in [5, 5.41) is 11.3. The van der Waals surface area contributed by atoms with E-state index in [1.165, 1.54) is 11.2 Å². The van der Waals surface area contributed by atoms with Gasteiger partial charge in [-0.05, 0) is 66.4 Å². The van der Waals surface area contributed by atoms with Crippen LogP contribution in [0.4, 0.5) is 0 Å². The molecule has 1 aliphatic heterocycles. The molecule has 6 nitrogen and oxygen atoms in total. The van der Waals surface area contributed by atoms with E-state index in [-0.39, 0.29) is 17.9 Å². The van der Waals surface area contributed by atoms with Gasteiger partial charge in [0.15, 0.2) is 0 Å². The first-order valence-corrected chi connectivity index (χ1v) is 12.6. The van der Waals surface area contributed by atoms with Crippen LogP contribution in [0, 0.1) is 6.92 Å². The third-order valence-corrected chi connectivity index (χ3v) is 6.77. The minimum absolute atomic E-state index is 0.0548. The van der Waals surface area contributed by atoms with Gasteiger partial charge in [0.1, 0.15) is 23.9 Å². The second-order valence-corrected chi connectivity index (χ2v) is 9.40. The van der Waals surface area contributed by atoms with E-state index >= 15 is 0 Å². The van der Waals surface area contributed by atoms with Crippen molar-refractivity contribution < 1.29 is 23.8 Å². The Labute approximate surface area is 221 Å². The Morgan fingerprint density at radius 2 is 1.71 bits per heavy atom. The second kappa shape index (κ2) is 10.8. The fourth-order valence-corrected chi connectivity index (χ4v) is 4.73. The zero-order valence-electron chi connectivity index (χ0n) is 21.4. The molecule has 5 rings (SSSR count). The van der Waals surface area contributed by atoms with Crippen molar-refractivity contribution in [1.29, 1.82) is 0 Å². The summed E-state index contributed by atoms with van der Waals surface area (Å²) in [6, 6.07) is 25.5. The molecule has 0 bridgehead atoms. The first kappa shape index (κ1) is 25.1. The molecule has 1 atom stereocenters. The van der Waals surface area contributed by atoms with Crippen molar-refractivity contribution in [3.05, 3.63) is 130 Å². The number of benzene rings is 3. The highest BCUT2D eigenvalue weighted by molar-refractivity contribution is 6.46. The SMILES string of the molecule is CCc1ccc([C@@H]2/C(=C(\O)c3ccc(OCc4cccc(C)c4)cc3)C(=O)C(=O)N2Cc2ccco2)cc1. The number of aliphatic hydroxyl groups is 1. The zero-order valence-corrected chi connectivity index (χ0v) is 21.4. The average Bonchev–Trinajstić information content (AvgIpc) is 3.54. The standard InChI is InChI=1S/C32H29NO5/c1-3-22-9-11-24(12-10-22)29-28(31(35)32(36)33(29)19-27-8-5-17-37-27)30(34)25-13-15-26(16-14-25)38-20-23-7-4-6-21(2)18-23/h4-18,29,34H,3,19-20H2,1-2H3/b30-28+/t29-/m1/s1. The number of likely N-dealkylation sites (tertiary alicyclic amines) is 1. The number of carbonyl (C=O) groups excluding carboxylic acids is 2. The lowest BCUT2D eigenvalue weighted by Gasteiger charge is -2.24. The summed E-state index contributed by atoms with van der Waals surface area (Å²) in [6.45, 7) is 4.62. The molecular weight excluding hydrogens is 478 g/mol. The van der Waals surface area contributed by atoms with Crippen LogP contribution in [0.2, 0.25) is 0 Å². The molecule has 192 valence electrons. The van der Waals surface area contributed by atoms with E-state index in [0.717, 1.165) is 28.7 Å². The van der Waals surface area contributed by atoms with E-state index in [4.69, 9.17) is 9.15 Å². The molecule has 38 heavy (non-hydrogen) atoms. The Kier molecular flexibility index (Phi) is 7.13. The highest BCUT2D eigenvalue weighted by Crippen LogP contribution is 2.40. The maximum absolute atomic E-state index is 13.3. The summed E-state index contributed by atoms with van der Waals surface area (Å²) < 4.78 is 11.4. The Bertz CT molecular complexity index is 1470. The first-order chi connectivity index (χ1) is 18.4. The fourth-order valence-electron chi connectivity index (χ4n) is 4.73. The molecular formula is C32H29NO5. The maximum atomic E-state index is 13.3. The monoisotopic (exact) mass is 507 g/mol. The third-order valence-electron chi connectivity index (χ3n) is 6.77. The zero-order chi connectivity index (χ0) is 26.6. The predicted octanol–water partition coefficient (Wildman–Crippen LogP) is 6.35. The van der Waals surface area contributed by atoms with Gasteiger partial charge in [-0.3, -0.25) is 9.59 Å². The summed E-state index contributed by atoms with van der Waals surface area (Å²) in [7, 11) is 0. The molecule has 1 fully saturated rings. The molecule has 2 heterocycles. The smallest absolute Gasteiger partial charge is 0.296 e. The molecule has 1 amide bonds. The molecule has 6 heteroatoms. The summed E-state index contributed by atoms with van der Waals surface area (Å²) in [4.78, 5) is 27.9. The van der Waals surface area contributed by atoms with Gasteiger partial charge in [0, 0.05) is 5.56 Å². The topological polar surface area (TPSA) is 80.0 Å². The van der Waals surface area contributed by atoms with Crippen LogP contribution < -0.4 is 4.74 Å². The number of nitrogens with zero attached hydrogens (tertiary/aromatic N) is 1. The number of Topliss-reactive ketones (excluding diaryl/α,β-unsaturated/α-hetero) is 1. The van der Waals surface area contributed by atoms with E-state index in [0.29, 0.717) is 23.7 Å². The number of aliphatic hydroxyl groups excluding tert-OH is 1. The van der Waals surface area contributed by atoms with Gasteiger partial charge in [0.05, 0.1) is 24.4 Å². The number of furan rings is 1. The maximum Gasteiger partial charge on any atom is 0.296 e. The van der Waals surface area contributed by atoms with Crippen molar-refractivity contribution in [2.45, 2.75) is 39.5 Å². The van der Waals surface area contributed by atoms with Crippen LogP contribution in [-0.4, -0.2) is 21.7 Å². The number of carbonyl (C=O) groups is 2. The second-order valence-electron chi connectivity index (χ2n) is 9.40. The van der Waals surface area contributed by atoms with Crippen LogP contribution in [0.5, 0.6) is 5.75 Å². The van der Waals surface area contributed by atoms with Crippen LogP contribution >= 0.6 is 0 Å². The largest absolute Gasteiger partial charge is 0.507 e. The molecule has 3 aromatic carbocycles. The lowest BCUT2D eigenvalue weighted by atomic mass is 9.94. The number of hydrogen-bond acceptors (Lipinski definition) is 5. The number of ether oxygens (including phenoxy) is 1. The van der Waals surface area contributed by atoms with Gasteiger partial charge in [-0.1, -0.05) is 61.0 Å². The normalized spacial score (nSPS) is 16.7. The van der Waals surface area contributed by atoms with Crippen LogP contribution in [0.25, 0.3) is 5.76 Å². The predicted molar refractivity (Wildman–Crippen MR) is 144 cm³/mol. The molecule has 0 spiro atoms. The summed E-state index contributed by atoms with van der Waals surface area (Å²) in [6.07, 6.45) is 2.39. The first-order valence-electron chi connectivity index (χ1n) is 12.6. The van der Waals surface area contributed by atoms with Crippen LogP contribution in [0.1, 0.15) is 46.5 Å². The molecule has 1 aromatic heterocycles. The minimum Gasteiger partial charge on any atom is -0.507 e. The average molecular weight is 508 g/mol. The van der Waals surface area contributed by atoms with Gasteiger partial charge in [0.25, 0.3) is 11.7 Å². The Morgan fingerprint density at radius 1 is 0.947 bits per heavy atom. The Hall–Kier alpha value is -4.58. The quantitative estimate of drug-likeness (QED) is 0.171. The summed E-state index contributed by atoms with van der Waals surface area (Å²) in [5.41, 5.74) is 4.58. The lowest BCUT2D eigenvalue weighted by Crippen LogP contribution is -2.29. The van der Waals surface area contributed by atoms with E-state index < -0.39 is 17.7 Å². The van der Waals surface area contributed by atoms with Crippen molar-refractivity contribution in [2.75, 3.05) is 0 Å². The molecule has 4 aromatic rings. The van der Waals surface area contributed by atoms with E-state index in [1.54, 1.807) is 36.4 Å². The lowest BCUT2D eigenvalue weighted by molar-refractivity contribution is -0.140. The van der Waals surface area contributed by atoms with E-state index in [2.05, 4.69) is 13.0 Å². The molecule has 0 unspecified atom stereocenters. The van der Waals surface area contributed by atoms with Crippen LogP contribution in [0.3, 0.4) is 0 Å². The van der Waals surface area contributed by atoms with Crippen LogP contribution in [-0.2, 0) is 29.2 Å². The number of amides is 1. The van der Waals surface area contributed by atoms with Crippen molar-refractivity contribution in [2.24, 2.45) is 0 Å². The van der Waals surface area contributed by atoms with Crippen molar-refractivity contribution in [1.82, 2.24) is 4.90 Å². The number of rotatable bonds is 8. The Balaban J connectivity index is 1.46. The highest BCUT2D eigenvalue weighted by Gasteiger charge is 2.46. The molecule has 0 saturated carbocycles. The molecule has 1 N–H and O–H groups in total. The van der Waals surface area contributed by atoms with Gasteiger partial charge in [-0.25, -0.2) is 0 Å². The molecule has 0 aliphatic carbocycles. The van der Waals surface area contributed by atoms with Gasteiger partial charge in [-0.15, -0.1) is 0 Å². The van der Waals surface area contributed by atoms with E-state index in [9.17, 15) is 14.7 Å². The van der Waals surface area contributed by atoms with Gasteiger partial charge in [0.2, 0.25) is 0 Å². The molecule has 1 saturated heterocycles. The molecule has 1 aliphatic rings. The van der Waals surface area contributed by atoms with E-state index in [1.807, 2.05) is 49.4 Å². The summed E-state index contributed by atoms with van der Waals surface area (Å²) in [5.74, 6) is -0.436. The number of hydrogen-bond donors (Lipinski definition) is 1. The highest BCUT2D eigenvalue weighted by atomic mass is 16.5. The fraction of sp³-hybridized carbons (Fsp3) is 0.188. The van der Waals surface area contributed by atoms with Crippen molar-refractivity contribution >= 4 is 17.4 Å². The van der Waals surface area contributed by atoms with Crippen LogP contribution in [0.15, 0.2) is 101 Å². The van der Waals surface area contributed by atoms with Crippen molar-refractivity contribution in [3.8, 4) is 5.75 Å². The molecule has 0 radical (unpaired) electrons. The third kappa shape index (κ3) is 5.11. The number of ketones is 1. The Morgan fingerprint density at radius 3 is 2.37 bits per heavy atom. The van der Waals surface area contributed by atoms with Gasteiger partial charge < -0.3 is 19.2 Å². The minimum atomic E-state index is -0.747. The van der Waals surface area contributed by atoms with Gasteiger partial charge >= 0.3 is 0 Å². The number of aryl methyl sites for hydroxylation is 2.